The molecule has 4 rings (SSSR count). The second-order valence-corrected chi connectivity index (χ2v) is 8.16. The molecule has 0 radical (unpaired) electrons. The van der Waals surface area contributed by atoms with Crippen LogP contribution in [-0.4, -0.2) is 45.9 Å². The highest BCUT2D eigenvalue weighted by Crippen LogP contribution is 2.41. The van der Waals surface area contributed by atoms with Crippen LogP contribution in [0, 0.1) is 6.92 Å². The average Bonchev–Trinajstić information content (AvgIpc) is 2.87. The highest BCUT2D eigenvalue weighted by atomic mass is 16.5. The van der Waals surface area contributed by atoms with Gasteiger partial charge in [0.2, 0.25) is 0 Å². The largest absolute Gasteiger partial charge is 0.497 e. The number of carbonyl (C=O) groups is 1. The summed E-state index contributed by atoms with van der Waals surface area (Å²) in [5, 5.41) is 3.06. The molecule has 2 amide bonds. The summed E-state index contributed by atoms with van der Waals surface area (Å²) in [5.41, 5.74) is 4.76. The molecule has 34 heavy (non-hydrogen) atoms. The number of hydrogen-bond donors (Lipinski definition) is 1. The Bertz CT molecular complexity index is 1180. The van der Waals surface area contributed by atoms with Gasteiger partial charge in [0, 0.05) is 6.54 Å². The molecule has 0 fully saturated rings. The van der Waals surface area contributed by atoms with Gasteiger partial charge in [-0.15, -0.1) is 0 Å². The van der Waals surface area contributed by atoms with E-state index in [0.717, 1.165) is 28.0 Å². The van der Waals surface area contributed by atoms with Crippen molar-refractivity contribution in [3.63, 3.8) is 0 Å². The van der Waals surface area contributed by atoms with Crippen LogP contribution in [0.1, 0.15) is 28.3 Å². The highest BCUT2D eigenvalue weighted by Gasteiger charge is 2.34. The summed E-state index contributed by atoms with van der Waals surface area (Å²) in [5.74, 6) is 2.68. The Morgan fingerprint density at radius 2 is 1.53 bits per heavy atom. The second-order valence-electron chi connectivity index (χ2n) is 8.16. The summed E-state index contributed by atoms with van der Waals surface area (Å²) in [4.78, 5) is 15.5. The van der Waals surface area contributed by atoms with Crippen LogP contribution in [0.4, 0.5) is 10.5 Å². The number of benzene rings is 3. The molecule has 0 aliphatic carbocycles. The van der Waals surface area contributed by atoms with Crippen LogP contribution in [0.3, 0.4) is 0 Å². The number of amides is 2. The fourth-order valence-corrected chi connectivity index (χ4v) is 4.42. The lowest BCUT2D eigenvalue weighted by molar-refractivity contribution is 0.193. The van der Waals surface area contributed by atoms with Crippen molar-refractivity contribution in [3.8, 4) is 23.0 Å². The zero-order valence-corrected chi connectivity index (χ0v) is 20.2. The second kappa shape index (κ2) is 9.95. The van der Waals surface area contributed by atoms with Gasteiger partial charge in [-0.05, 0) is 72.0 Å². The third kappa shape index (κ3) is 4.46. The van der Waals surface area contributed by atoms with Gasteiger partial charge in [0.05, 0.1) is 40.2 Å². The number of hydrogen-bond acceptors (Lipinski definition) is 5. The van der Waals surface area contributed by atoms with Crippen LogP contribution in [0.5, 0.6) is 23.0 Å². The van der Waals surface area contributed by atoms with E-state index in [2.05, 4.69) is 5.32 Å². The SMILES string of the molecule is COc1ccc([C@H]2c3cc(OC)c(OC)cc3CCN2C(=O)Nc2cc(C)ccc2OC)cc1. The van der Waals surface area contributed by atoms with Crippen molar-refractivity contribution < 1.29 is 23.7 Å². The normalized spacial score (nSPS) is 14.7. The lowest BCUT2D eigenvalue weighted by Gasteiger charge is -2.38. The number of aryl methyl sites for hydroxylation is 1. The van der Waals surface area contributed by atoms with Crippen molar-refractivity contribution in [2.45, 2.75) is 19.4 Å². The van der Waals surface area contributed by atoms with Gasteiger partial charge >= 0.3 is 6.03 Å². The summed E-state index contributed by atoms with van der Waals surface area (Å²) >= 11 is 0. The summed E-state index contributed by atoms with van der Waals surface area (Å²) in [6.45, 7) is 2.52. The molecule has 0 bridgehead atoms. The summed E-state index contributed by atoms with van der Waals surface area (Å²) in [6, 6.07) is 17.0. The molecule has 1 aliphatic rings. The van der Waals surface area contributed by atoms with E-state index in [1.165, 1.54) is 0 Å². The first-order chi connectivity index (χ1) is 16.5. The molecule has 0 saturated carbocycles. The Kier molecular flexibility index (Phi) is 6.82. The van der Waals surface area contributed by atoms with E-state index < -0.39 is 0 Å². The van der Waals surface area contributed by atoms with Crippen LogP contribution < -0.4 is 24.3 Å². The molecule has 0 spiro atoms. The predicted molar refractivity (Wildman–Crippen MR) is 132 cm³/mol. The Morgan fingerprint density at radius 3 is 2.18 bits per heavy atom. The third-order valence-electron chi connectivity index (χ3n) is 6.16. The first-order valence-electron chi connectivity index (χ1n) is 11.1. The maximum absolute atomic E-state index is 13.6. The van der Waals surface area contributed by atoms with E-state index in [9.17, 15) is 4.79 Å². The van der Waals surface area contributed by atoms with E-state index in [0.29, 0.717) is 35.9 Å². The molecule has 7 nitrogen and oxygen atoms in total. The molecular formula is C27H30N2O5. The molecule has 1 heterocycles. The first-order valence-corrected chi connectivity index (χ1v) is 11.1. The van der Waals surface area contributed by atoms with Gasteiger partial charge in [0.1, 0.15) is 11.5 Å². The minimum atomic E-state index is -0.315. The van der Waals surface area contributed by atoms with Crippen molar-refractivity contribution >= 4 is 11.7 Å². The smallest absolute Gasteiger partial charge is 0.322 e. The molecule has 1 aliphatic heterocycles. The fraction of sp³-hybridized carbons (Fsp3) is 0.296. The number of urea groups is 1. The van der Waals surface area contributed by atoms with Crippen LogP contribution >= 0.6 is 0 Å². The number of nitrogens with zero attached hydrogens (tertiary/aromatic N) is 1. The van der Waals surface area contributed by atoms with Gasteiger partial charge in [0.25, 0.3) is 0 Å². The van der Waals surface area contributed by atoms with Gasteiger partial charge in [-0.3, -0.25) is 0 Å². The van der Waals surface area contributed by atoms with Crippen molar-refractivity contribution in [1.82, 2.24) is 4.90 Å². The molecule has 0 saturated heterocycles. The Labute approximate surface area is 200 Å². The Morgan fingerprint density at radius 1 is 0.853 bits per heavy atom. The number of anilines is 1. The third-order valence-corrected chi connectivity index (χ3v) is 6.16. The average molecular weight is 463 g/mol. The van der Waals surface area contributed by atoms with E-state index in [1.807, 2.05) is 66.4 Å². The number of methoxy groups -OCH3 is 4. The molecular weight excluding hydrogens is 432 g/mol. The van der Waals surface area contributed by atoms with Crippen LogP contribution in [0.15, 0.2) is 54.6 Å². The van der Waals surface area contributed by atoms with Crippen molar-refractivity contribution in [2.75, 3.05) is 40.3 Å². The van der Waals surface area contributed by atoms with Crippen LogP contribution in [0.2, 0.25) is 0 Å². The van der Waals surface area contributed by atoms with E-state index in [4.69, 9.17) is 18.9 Å². The molecule has 0 aromatic heterocycles. The van der Waals surface area contributed by atoms with E-state index >= 15 is 0 Å². The lowest BCUT2D eigenvalue weighted by Crippen LogP contribution is -2.43. The molecule has 7 heteroatoms. The van der Waals surface area contributed by atoms with Gasteiger partial charge in [-0.1, -0.05) is 18.2 Å². The molecule has 1 atom stereocenters. The standard InChI is InChI=1S/C27H30N2O5/c1-17-6-11-23(32-3)22(14-17)28-27(30)29-13-12-19-15-24(33-4)25(34-5)16-21(19)26(29)18-7-9-20(31-2)10-8-18/h6-11,14-16,26H,12-13H2,1-5H3,(H,28,30)/t26-/m0/s1. The molecule has 3 aromatic carbocycles. The minimum Gasteiger partial charge on any atom is -0.497 e. The quantitative estimate of drug-likeness (QED) is 0.545. The number of carbonyl (C=O) groups excluding carboxylic acids is 1. The molecule has 3 aromatic rings. The van der Waals surface area contributed by atoms with Gasteiger partial charge in [-0.25, -0.2) is 4.79 Å². The van der Waals surface area contributed by atoms with Crippen LogP contribution in [0.25, 0.3) is 0 Å². The Hall–Kier alpha value is -3.87. The topological polar surface area (TPSA) is 69.3 Å². The summed E-state index contributed by atoms with van der Waals surface area (Å²) in [7, 11) is 6.47. The number of nitrogens with one attached hydrogen (secondary N) is 1. The fourth-order valence-electron chi connectivity index (χ4n) is 4.42. The highest BCUT2D eigenvalue weighted by molar-refractivity contribution is 5.92. The van der Waals surface area contributed by atoms with E-state index in [1.54, 1.807) is 28.4 Å². The maximum atomic E-state index is 13.6. The number of ether oxygens (including phenoxy) is 4. The van der Waals surface area contributed by atoms with Crippen molar-refractivity contribution in [3.05, 3.63) is 76.9 Å². The number of rotatable bonds is 6. The lowest BCUT2D eigenvalue weighted by atomic mass is 9.87. The molecule has 1 N–H and O–H groups in total. The minimum absolute atomic E-state index is 0.204. The zero-order valence-electron chi connectivity index (χ0n) is 20.2. The van der Waals surface area contributed by atoms with Crippen LogP contribution in [-0.2, 0) is 6.42 Å². The Balaban J connectivity index is 1.77. The van der Waals surface area contributed by atoms with Gasteiger partial charge < -0.3 is 29.2 Å². The van der Waals surface area contributed by atoms with Crippen molar-refractivity contribution in [2.24, 2.45) is 0 Å². The van der Waals surface area contributed by atoms with E-state index in [-0.39, 0.29) is 12.1 Å². The first kappa shape index (κ1) is 23.3. The van der Waals surface area contributed by atoms with Gasteiger partial charge in [-0.2, -0.15) is 0 Å². The predicted octanol–water partition coefficient (Wildman–Crippen LogP) is 5.21. The monoisotopic (exact) mass is 462 g/mol. The number of fused-ring (bicyclic) bond motifs is 1. The van der Waals surface area contributed by atoms with Gasteiger partial charge in [0.15, 0.2) is 11.5 Å². The maximum Gasteiger partial charge on any atom is 0.322 e. The summed E-state index contributed by atoms with van der Waals surface area (Å²) in [6.07, 6.45) is 0.695. The summed E-state index contributed by atoms with van der Waals surface area (Å²) < 4.78 is 21.9. The molecule has 178 valence electrons. The van der Waals surface area contributed by atoms with Crippen molar-refractivity contribution in [1.29, 1.82) is 0 Å². The molecule has 0 unspecified atom stereocenters. The zero-order chi connectivity index (χ0) is 24.2.